The Morgan fingerprint density at radius 2 is 1.92 bits per heavy atom. The molecule has 1 aliphatic carbocycles. The summed E-state index contributed by atoms with van der Waals surface area (Å²) in [5.74, 6) is 0.509. The van der Waals surface area contributed by atoms with Gasteiger partial charge >= 0.3 is 0 Å². The number of aromatic amines is 1. The molecule has 0 spiro atoms. The zero-order chi connectivity index (χ0) is 16.7. The van der Waals surface area contributed by atoms with Crippen molar-refractivity contribution in [3.63, 3.8) is 0 Å². The van der Waals surface area contributed by atoms with Crippen LogP contribution in [0, 0.1) is 0 Å². The molecule has 0 fully saturated rings. The van der Waals surface area contributed by atoms with Crippen LogP contribution in [0.5, 0.6) is 0 Å². The average Bonchev–Trinajstić information content (AvgIpc) is 3.21. The number of nitrogens with zero attached hydrogens (tertiary/aromatic N) is 3. The van der Waals surface area contributed by atoms with Gasteiger partial charge in [-0.25, -0.2) is 13.4 Å². The zero-order valence-corrected chi connectivity index (χ0v) is 13.9. The van der Waals surface area contributed by atoms with E-state index in [0.717, 1.165) is 17.5 Å². The highest BCUT2D eigenvalue weighted by molar-refractivity contribution is 7.89. The molecular weight excluding hydrogens is 324 g/mol. The number of sulfonamides is 1. The summed E-state index contributed by atoms with van der Waals surface area (Å²) in [7, 11) is -2.04. The van der Waals surface area contributed by atoms with Crippen LogP contribution < -0.4 is 0 Å². The van der Waals surface area contributed by atoms with Crippen molar-refractivity contribution in [1.29, 1.82) is 0 Å². The van der Waals surface area contributed by atoms with Gasteiger partial charge < -0.3 is 0 Å². The van der Waals surface area contributed by atoms with Crippen molar-refractivity contribution < 1.29 is 8.42 Å². The van der Waals surface area contributed by atoms with Crippen LogP contribution in [0.25, 0.3) is 11.1 Å². The monoisotopic (exact) mass is 340 g/mol. The van der Waals surface area contributed by atoms with Gasteiger partial charge in [-0.2, -0.15) is 9.40 Å². The number of H-pyrrole nitrogens is 1. The van der Waals surface area contributed by atoms with E-state index in [1.54, 1.807) is 19.2 Å². The van der Waals surface area contributed by atoms with Crippen molar-refractivity contribution in [1.82, 2.24) is 19.5 Å². The van der Waals surface area contributed by atoms with Gasteiger partial charge in [0.2, 0.25) is 10.0 Å². The minimum atomic E-state index is -3.58. The summed E-state index contributed by atoms with van der Waals surface area (Å²) in [5, 5.41) is 6.42. The fraction of sp³-hybridized carbons (Fsp3) is 0.176. The van der Waals surface area contributed by atoms with Crippen LogP contribution in [0.4, 0.5) is 0 Å². The van der Waals surface area contributed by atoms with Crippen LogP contribution in [-0.4, -0.2) is 35.0 Å². The molecular formula is C17H16N4O2S. The number of aromatic nitrogens is 3. The van der Waals surface area contributed by atoms with Crippen molar-refractivity contribution >= 4 is 10.0 Å². The molecule has 4 rings (SSSR count). The highest BCUT2D eigenvalue weighted by Gasteiger charge is 2.25. The minimum Gasteiger partial charge on any atom is -0.262 e. The maximum Gasteiger partial charge on any atom is 0.243 e. The smallest absolute Gasteiger partial charge is 0.243 e. The molecule has 1 aromatic heterocycles. The molecule has 0 atom stereocenters. The average molecular weight is 340 g/mol. The Labute approximate surface area is 140 Å². The fourth-order valence-electron chi connectivity index (χ4n) is 3.06. The highest BCUT2D eigenvalue weighted by atomic mass is 32.2. The Balaban J connectivity index is 1.67. The molecule has 1 aliphatic rings. The third kappa shape index (κ3) is 2.42. The van der Waals surface area contributed by atoms with Crippen LogP contribution in [-0.2, 0) is 23.0 Å². The van der Waals surface area contributed by atoms with Gasteiger partial charge in [0.05, 0.1) is 11.4 Å². The second-order valence-corrected chi connectivity index (χ2v) is 7.89. The molecule has 7 heteroatoms. The molecule has 1 N–H and O–H groups in total. The quantitative estimate of drug-likeness (QED) is 0.618. The topological polar surface area (TPSA) is 79.0 Å². The van der Waals surface area contributed by atoms with Crippen molar-refractivity contribution in [2.75, 3.05) is 7.05 Å². The summed E-state index contributed by atoms with van der Waals surface area (Å²) in [5.41, 5.74) is 4.58. The maximum absolute atomic E-state index is 12.8. The molecule has 1 heterocycles. The number of rotatable bonds is 4. The number of fused-ring (bicyclic) bond motifs is 3. The van der Waals surface area contributed by atoms with E-state index in [1.807, 2.05) is 18.2 Å². The van der Waals surface area contributed by atoms with E-state index in [0.29, 0.717) is 10.7 Å². The third-order valence-corrected chi connectivity index (χ3v) is 6.11. The van der Waals surface area contributed by atoms with Gasteiger partial charge in [0.25, 0.3) is 0 Å². The summed E-state index contributed by atoms with van der Waals surface area (Å²) in [6.07, 6.45) is 2.13. The first-order valence-electron chi connectivity index (χ1n) is 7.57. The number of nitrogens with one attached hydrogen (secondary N) is 1. The van der Waals surface area contributed by atoms with Gasteiger partial charge in [-0.15, -0.1) is 0 Å². The number of hydrogen-bond donors (Lipinski definition) is 1. The van der Waals surface area contributed by atoms with E-state index in [4.69, 9.17) is 0 Å². The lowest BCUT2D eigenvalue weighted by Crippen LogP contribution is -2.27. The van der Waals surface area contributed by atoms with Crippen LogP contribution in [0.1, 0.15) is 17.0 Å². The maximum atomic E-state index is 12.8. The second kappa shape index (κ2) is 5.54. The Morgan fingerprint density at radius 3 is 2.71 bits per heavy atom. The van der Waals surface area contributed by atoms with Crippen LogP contribution in [0.3, 0.4) is 0 Å². The molecule has 0 radical (unpaired) electrons. The normalized spacial score (nSPS) is 13.1. The molecule has 0 amide bonds. The molecule has 0 unspecified atom stereocenters. The van der Waals surface area contributed by atoms with Gasteiger partial charge in [-0.05, 0) is 40.8 Å². The van der Waals surface area contributed by atoms with Crippen molar-refractivity contribution in [2.45, 2.75) is 17.9 Å². The van der Waals surface area contributed by atoms with E-state index in [2.05, 4.69) is 27.3 Å². The molecule has 122 valence electrons. The zero-order valence-electron chi connectivity index (χ0n) is 13.1. The summed E-state index contributed by atoms with van der Waals surface area (Å²) < 4.78 is 26.9. The van der Waals surface area contributed by atoms with E-state index in [-0.39, 0.29) is 6.54 Å². The van der Waals surface area contributed by atoms with Gasteiger partial charge in [0.1, 0.15) is 12.2 Å². The molecule has 2 aromatic carbocycles. The standard InChI is InChI=1S/C17H16N4O2S/c1-21(10-17-18-11-19-20-17)24(22,23)14-6-7-16-13(9-14)8-12-4-2-3-5-15(12)16/h2-7,9,11H,8,10H2,1H3,(H,18,19,20). The van der Waals surface area contributed by atoms with Crippen LogP contribution in [0.15, 0.2) is 53.7 Å². The summed E-state index contributed by atoms with van der Waals surface area (Å²) >= 11 is 0. The molecule has 0 bridgehead atoms. The summed E-state index contributed by atoms with van der Waals surface area (Å²) in [4.78, 5) is 4.28. The van der Waals surface area contributed by atoms with Crippen molar-refractivity contribution in [2.24, 2.45) is 0 Å². The van der Waals surface area contributed by atoms with Crippen LogP contribution in [0.2, 0.25) is 0 Å². The summed E-state index contributed by atoms with van der Waals surface area (Å²) in [6, 6.07) is 13.5. The lowest BCUT2D eigenvalue weighted by Gasteiger charge is -2.16. The van der Waals surface area contributed by atoms with Crippen LogP contribution >= 0.6 is 0 Å². The number of hydrogen-bond acceptors (Lipinski definition) is 4. The molecule has 3 aromatic rings. The Bertz CT molecular complexity index is 997. The lowest BCUT2D eigenvalue weighted by atomic mass is 10.1. The third-order valence-electron chi connectivity index (χ3n) is 4.31. The van der Waals surface area contributed by atoms with E-state index >= 15 is 0 Å². The molecule has 0 aliphatic heterocycles. The largest absolute Gasteiger partial charge is 0.262 e. The highest BCUT2D eigenvalue weighted by Crippen LogP contribution is 2.37. The van der Waals surface area contributed by atoms with E-state index < -0.39 is 10.0 Å². The van der Waals surface area contributed by atoms with Gasteiger partial charge in [0.15, 0.2) is 0 Å². The van der Waals surface area contributed by atoms with Crippen molar-refractivity contribution in [3.8, 4) is 11.1 Å². The first kappa shape index (κ1) is 15.0. The van der Waals surface area contributed by atoms with Crippen molar-refractivity contribution in [3.05, 3.63) is 65.7 Å². The van der Waals surface area contributed by atoms with E-state index in [1.165, 1.54) is 21.8 Å². The first-order valence-corrected chi connectivity index (χ1v) is 9.01. The molecule has 6 nitrogen and oxygen atoms in total. The SMILES string of the molecule is CN(Cc1ncn[nH]1)S(=O)(=O)c1ccc2c(c1)Cc1ccccc1-2. The number of benzene rings is 2. The van der Waals surface area contributed by atoms with Gasteiger partial charge in [-0.1, -0.05) is 30.3 Å². The Kier molecular flexibility index (Phi) is 3.47. The Morgan fingerprint density at radius 1 is 1.12 bits per heavy atom. The predicted octanol–water partition coefficient (Wildman–Crippen LogP) is 2.20. The van der Waals surface area contributed by atoms with Gasteiger partial charge in [-0.3, -0.25) is 5.10 Å². The fourth-order valence-corrected chi connectivity index (χ4v) is 4.25. The molecule has 0 saturated heterocycles. The minimum absolute atomic E-state index is 0.152. The Hall–Kier alpha value is -2.51. The predicted molar refractivity (Wildman–Crippen MR) is 89.7 cm³/mol. The molecule has 24 heavy (non-hydrogen) atoms. The van der Waals surface area contributed by atoms with Gasteiger partial charge in [0, 0.05) is 7.05 Å². The van der Waals surface area contributed by atoms with E-state index in [9.17, 15) is 8.42 Å². The second-order valence-electron chi connectivity index (χ2n) is 5.85. The lowest BCUT2D eigenvalue weighted by molar-refractivity contribution is 0.457. The first-order chi connectivity index (χ1) is 11.6. The molecule has 0 saturated carbocycles. The summed E-state index contributed by atoms with van der Waals surface area (Å²) in [6.45, 7) is 0.152.